The number of hydrogen-bond donors (Lipinski definition) is 0. The summed E-state index contributed by atoms with van der Waals surface area (Å²) in [6.45, 7) is 3.85. The SMILES string of the molecule is C=CCOc1cccc(C(=O)/C=C(\OB(F)F)c2ccccc2)c1. The zero-order valence-corrected chi connectivity index (χ0v) is 12.8. The van der Waals surface area contributed by atoms with Gasteiger partial charge in [-0.15, -0.1) is 0 Å². The van der Waals surface area contributed by atoms with Crippen LogP contribution in [0.25, 0.3) is 5.76 Å². The van der Waals surface area contributed by atoms with Crippen LogP contribution >= 0.6 is 0 Å². The minimum atomic E-state index is -3.02. The standard InChI is InChI=1S/C18H15BF2O3/c1-2-11-23-16-10-6-9-15(12-16)17(22)13-18(24-19(20)21)14-7-4-3-5-8-14/h2-10,12-13H,1,11H2/b18-13-. The first kappa shape index (κ1) is 17.5. The molecule has 0 fully saturated rings. The Kier molecular flexibility index (Phi) is 6.31. The van der Waals surface area contributed by atoms with E-state index in [4.69, 9.17) is 4.74 Å². The topological polar surface area (TPSA) is 35.5 Å². The van der Waals surface area contributed by atoms with E-state index < -0.39 is 13.3 Å². The van der Waals surface area contributed by atoms with E-state index >= 15 is 0 Å². The van der Waals surface area contributed by atoms with Crippen molar-refractivity contribution in [3.05, 3.63) is 84.5 Å². The predicted molar refractivity (Wildman–Crippen MR) is 89.9 cm³/mol. The second-order valence-electron chi connectivity index (χ2n) is 4.74. The number of rotatable bonds is 8. The van der Waals surface area contributed by atoms with Crippen LogP contribution in [-0.2, 0) is 4.65 Å². The fourth-order valence-corrected chi connectivity index (χ4v) is 1.98. The van der Waals surface area contributed by atoms with Gasteiger partial charge in [0, 0.05) is 17.2 Å². The summed E-state index contributed by atoms with van der Waals surface area (Å²) < 4.78 is 35.1. The maximum absolute atomic E-state index is 12.6. The van der Waals surface area contributed by atoms with Crippen molar-refractivity contribution < 1.29 is 22.8 Å². The number of carbonyl (C=O) groups is 1. The van der Waals surface area contributed by atoms with E-state index in [1.165, 1.54) is 6.07 Å². The molecule has 3 nitrogen and oxygen atoms in total. The molecule has 0 heterocycles. The van der Waals surface area contributed by atoms with Crippen LogP contribution in [0, 0.1) is 0 Å². The smallest absolute Gasteiger partial charge is 0.505 e. The van der Waals surface area contributed by atoms with Crippen LogP contribution in [0.15, 0.2) is 73.3 Å². The highest BCUT2D eigenvalue weighted by atomic mass is 19.2. The van der Waals surface area contributed by atoms with Crippen LogP contribution in [0.5, 0.6) is 5.75 Å². The van der Waals surface area contributed by atoms with Crippen molar-refractivity contribution in [1.82, 2.24) is 0 Å². The Labute approximate surface area is 139 Å². The molecule has 0 amide bonds. The lowest BCUT2D eigenvalue weighted by Crippen LogP contribution is -2.06. The first-order chi connectivity index (χ1) is 11.6. The van der Waals surface area contributed by atoms with E-state index in [1.807, 2.05) is 0 Å². The van der Waals surface area contributed by atoms with Gasteiger partial charge in [0.25, 0.3) is 0 Å². The van der Waals surface area contributed by atoms with E-state index in [1.54, 1.807) is 54.6 Å². The van der Waals surface area contributed by atoms with Gasteiger partial charge in [-0.3, -0.25) is 4.79 Å². The lowest BCUT2D eigenvalue weighted by molar-refractivity contribution is 0.104. The van der Waals surface area contributed by atoms with E-state index in [-0.39, 0.29) is 5.76 Å². The zero-order chi connectivity index (χ0) is 17.4. The number of hydrogen-bond acceptors (Lipinski definition) is 3. The number of halogens is 2. The van der Waals surface area contributed by atoms with Gasteiger partial charge in [-0.2, -0.15) is 0 Å². The Balaban J connectivity index is 2.28. The van der Waals surface area contributed by atoms with Crippen molar-refractivity contribution in [2.75, 3.05) is 6.61 Å². The Hall–Kier alpha value is -2.89. The third-order valence-electron chi connectivity index (χ3n) is 3.02. The summed E-state index contributed by atoms with van der Waals surface area (Å²) in [6.07, 6.45) is 2.63. The molecule has 122 valence electrons. The molecule has 0 bridgehead atoms. The molecule has 2 rings (SSSR count). The highest BCUT2D eigenvalue weighted by Crippen LogP contribution is 2.20. The Morgan fingerprint density at radius 3 is 2.46 bits per heavy atom. The van der Waals surface area contributed by atoms with E-state index in [0.717, 1.165) is 6.08 Å². The molecule has 0 N–H and O–H groups in total. The summed E-state index contributed by atoms with van der Waals surface area (Å²) in [5, 5.41) is 0. The third kappa shape index (κ3) is 5.09. The van der Waals surface area contributed by atoms with Gasteiger partial charge in [-0.1, -0.05) is 55.1 Å². The van der Waals surface area contributed by atoms with Gasteiger partial charge in [0.2, 0.25) is 0 Å². The van der Waals surface area contributed by atoms with Crippen molar-refractivity contribution >= 4 is 19.0 Å². The molecular weight excluding hydrogens is 313 g/mol. The van der Waals surface area contributed by atoms with Crippen molar-refractivity contribution in [1.29, 1.82) is 0 Å². The first-order valence-electron chi connectivity index (χ1n) is 7.20. The maximum Gasteiger partial charge on any atom is 0.796 e. The fourth-order valence-electron chi connectivity index (χ4n) is 1.98. The second-order valence-corrected chi connectivity index (χ2v) is 4.74. The molecule has 2 aromatic carbocycles. The molecule has 0 unspecified atom stereocenters. The van der Waals surface area contributed by atoms with Crippen LogP contribution in [0.1, 0.15) is 15.9 Å². The first-order valence-corrected chi connectivity index (χ1v) is 7.20. The molecule has 0 spiro atoms. The monoisotopic (exact) mass is 328 g/mol. The van der Waals surface area contributed by atoms with Gasteiger partial charge < -0.3 is 9.39 Å². The molecule has 0 aliphatic heterocycles. The van der Waals surface area contributed by atoms with Gasteiger partial charge >= 0.3 is 7.47 Å². The largest absolute Gasteiger partial charge is 0.796 e. The summed E-state index contributed by atoms with van der Waals surface area (Å²) in [7, 11) is -3.02. The average Bonchev–Trinajstić information content (AvgIpc) is 2.60. The summed E-state index contributed by atoms with van der Waals surface area (Å²) in [5.41, 5.74) is 0.702. The van der Waals surface area contributed by atoms with Crippen LogP contribution < -0.4 is 4.74 Å². The Bertz CT molecular complexity index is 730. The van der Waals surface area contributed by atoms with Crippen LogP contribution in [0.3, 0.4) is 0 Å². The van der Waals surface area contributed by atoms with Gasteiger partial charge in [0.05, 0.1) is 0 Å². The van der Waals surface area contributed by atoms with Gasteiger partial charge in [0.1, 0.15) is 18.1 Å². The van der Waals surface area contributed by atoms with Crippen molar-refractivity contribution in [3.8, 4) is 5.75 Å². The molecule has 0 atom stereocenters. The molecule has 0 saturated heterocycles. The Morgan fingerprint density at radius 1 is 1.08 bits per heavy atom. The normalized spacial score (nSPS) is 10.8. The molecule has 0 aliphatic rings. The lowest BCUT2D eigenvalue weighted by atomic mass is 10.1. The van der Waals surface area contributed by atoms with E-state index in [2.05, 4.69) is 11.2 Å². The molecule has 0 saturated carbocycles. The van der Waals surface area contributed by atoms with Crippen molar-refractivity contribution in [2.45, 2.75) is 0 Å². The molecular formula is C18H15BF2O3. The number of carbonyl (C=O) groups excluding carboxylic acids is 1. The minimum absolute atomic E-state index is 0.187. The number of ether oxygens (including phenoxy) is 1. The molecule has 24 heavy (non-hydrogen) atoms. The van der Waals surface area contributed by atoms with E-state index in [9.17, 15) is 13.4 Å². The van der Waals surface area contributed by atoms with Crippen LogP contribution in [0.2, 0.25) is 0 Å². The lowest BCUT2D eigenvalue weighted by Gasteiger charge is -2.09. The number of benzene rings is 2. The zero-order valence-electron chi connectivity index (χ0n) is 12.8. The van der Waals surface area contributed by atoms with Crippen molar-refractivity contribution in [2.24, 2.45) is 0 Å². The average molecular weight is 328 g/mol. The van der Waals surface area contributed by atoms with E-state index in [0.29, 0.717) is 23.5 Å². The van der Waals surface area contributed by atoms with Crippen LogP contribution in [0.4, 0.5) is 8.63 Å². The summed E-state index contributed by atoms with van der Waals surface area (Å²) in [4.78, 5) is 12.4. The van der Waals surface area contributed by atoms with Crippen molar-refractivity contribution in [3.63, 3.8) is 0 Å². The highest BCUT2D eigenvalue weighted by Gasteiger charge is 2.21. The Morgan fingerprint density at radius 2 is 1.79 bits per heavy atom. The summed E-state index contributed by atoms with van der Waals surface area (Å²) in [6, 6.07) is 14.7. The van der Waals surface area contributed by atoms with Crippen LogP contribution in [-0.4, -0.2) is 19.9 Å². The van der Waals surface area contributed by atoms with Gasteiger partial charge in [-0.25, -0.2) is 8.63 Å². The molecule has 0 aliphatic carbocycles. The third-order valence-corrected chi connectivity index (χ3v) is 3.02. The molecule has 6 heteroatoms. The molecule has 0 aromatic heterocycles. The molecule has 0 radical (unpaired) electrons. The number of ketones is 1. The second kappa shape index (κ2) is 8.67. The number of allylic oxidation sites excluding steroid dienone is 1. The highest BCUT2D eigenvalue weighted by molar-refractivity contribution is 6.36. The molecule has 2 aromatic rings. The minimum Gasteiger partial charge on any atom is -0.505 e. The maximum atomic E-state index is 12.6. The quantitative estimate of drug-likeness (QED) is 0.237. The predicted octanol–water partition coefficient (Wildman–Crippen LogP) is 4.42. The van der Waals surface area contributed by atoms with Gasteiger partial charge in [-0.05, 0) is 12.1 Å². The fraction of sp³-hybridized carbons (Fsp3) is 0.0556. The van der Waals surface area contributed by atoms with Gasteiger partial charge in [0.15, 0.2) is 5.78 Å². The summed E-state index contributed by atoms with van der Waals surface area (Å²) in [5.74, 6) is -0.156. The summed E-state index contributed by atoms with van der Waals surface area (Å²) >= 11 is 0.